The molecule has 122 valence electrons. The van der Waals surface area contributed by atoms with Gasteiger partial charge in [0.25, 0.3) is 5.56 Å². The third-order valence-corrected chi connectivity index (χ3v) is 3.67. The molecule has 2 aromatic carbocycles. The number of hydrogen-bond acceptors (Lipinski definition) is 6. The van der Waals surface area contributed by atoms with Gasteiger partial charge in [0.2, 0.25) is 0 Å². The Bertz CT molecular complexity index is 1100. The zero-order chi connectivity index (χ0) is 17.4. The smallest absolute Gasteiger partial charge is 0.330 e. The van der Waals surface area contributed by atoms with E-state index in [9.17, 15) is 19.8 Å². The van der Waals surface area contributed by atoms with Crippen molar-refractivity contribution in [1.29, 1.82) is 0 Å². The maximum Gasteiger partial charge on any atom is 0.330 e. The van der Waals surface area contributed by atoms with Crippen LogP contribution >= 0.6 is 0 Å². The van der Waals surface area contributed by atoms with E-state index < -0.39 is 11.2 Å². The molecule has 1 aromatic heterocycles. The monoisotopic (exact) mass is 326 g/mol. The standard InChI is InChI=1S/C16H14N4O4/c1-19-8-11(15(23)20(2)16(19)24)18-17-10-6-7-12(21)9-4-3-5-13(22)14(9)10/h3-8,21-22H,1-2H3. The molecule has 0 saturated heterocycles. The van der Waals surface area contributed by atoms with Crippen molar-refractivity contribution in [2.75, 3.05) is 0 Å². The number of rotatable bonds is 2. The summed E-state index contributed by atoms with van der Waals surface area (Å²) in [6.45, 7) is 0. The van der Waals surface area contributed by atoms with Crippen LogP contribution in [0, 0.1) is 0 Å². The minimum atomic E-state index is -0.575. The van der Waals surface area contributed by atoms with Gasteiger partial charge in [-0.1, -0.05) is 12.1 Å². The molecule has 0 bridgehead atoms. The largest absolute Gasteiger partial charge is 0.507 e. The molecule has 24 heavy (non-hydrogen) atoms. The first-order chi connectivity index (χ1) is 11.4. The Kier molecular flexibility index (Phi) is 3.64. The highest BCUT2D eigenvalue weighted by Gasteiger charge is 2.10. The first-order valence-electron chi connectivity index (χ1n) is 7.02. The van der Waals surface area contributed by atoms with Crippen molar-refractivity contribution in [3.8, 4) is 11.5 Å². The lowest BCUT2D eigenvalue weighted by molar-refractivity contribution is 0.475. The summed E-state index contributed by atoms with van der Waals surface area (Å²) >= 11 is 0. The Hall–Kier alpha value is -3.42. The summed E-state index contributed by atoms with van der Waals surface area (Å²) in [5, 5.41) is 28.5. The predicted octanol–water partition coefficient (Wildman–Crippen LogP) is 2.06. The van der Waals surface area contributed by atoms with Crippen LogP contribution in [-0.2, 0) is 14.1 Å². The van der Waals surface area contributed by atoms with Crippen molar-refractivity contribution < 1.29 is 10.2 Å². The molecule has 0 saturated carbocycles. The van der Waals surface area contributed by atoms with Crippen LogP contribution in [0.2, 0.25) is 0 Å². The Labute approximate surface area is 135 Å². The molecule has 0 fully saturated rings. The van der Waals surface area contributed by atoms with E-state index in [-0.39, 0.29) is 22.9 Å². The van der Waals surface area contributed by atoms with Crippen LogP contribution in [-0.4, -0.2) is 19.3 Å². The lowest BCUT2D eigenvalue weighted by atomic mass is 10.1. The van der Waals surface area contributed by atoms with Crippen molar-refractivity contribution in [3.05, 3.63) is 57.4 Å². The summed E-state index contributed by atoms with van der Waals surface area (Å²) < 4.78 is 2.16. The normalized spacial score (nSPS) is 11.4. The number of fused-ring (bicyclic) bond motifs is 1. The highest BCUT2D eigenvalue weighted by molar-refractivity contribution is 6.00. The minimum absolute atomic E-state index is 0.00197. The number of nitrogens with zero attached hydrogens (tertiary/aromatic N) is 4. The van der Waals surface area contributed by atoms with Crippen LogP contribution in [0.4, 0.5) is 11.4 Å². The van der Waals surface area contributed by atoms with E-state index in [1.165, 1.54) is 43.1 Å². The fourth-order valence-corrected chi connectivity index (χ4v) is 2.40. The molecular formula is C16H14N4O4. The molecule has 8 heteroatoms. The molecule has 0 spiro atoms. The van der Waals surface area contributed by atoms with Crippen LogP contribution < -0.4 is 11.2 Å². The highest BCUT2D eigenvalue weighted by atomic mass is 16.3. The number of aromatic hydroxyl groups is 2. The molecule has 0 amide bonds. The lowest BCUT2D eigenvalue weighted by Crippen LogP contribution is -2.35. The van der Waals surface area contributed by atoms with Crippen LogP contribution in [0.1, 0.15) is 0 Å². The number of azo groups is 1. The molecule has 2 N–H and O–H groups in total. The molecule has 0 aliphatic rings. The zero-order valence-corrected chi connectivity index (χ0v) is 13.0. The Morgan fingerprint density at radius 3 is 2.38 bits per heavy atom. The lowest BCUT2D eigenvalue weighted by Gasteiger charge is -2.06. The van der Waals surface area contributed by atoms with Crippen molar-refractivity contribution in [3.63, 3.8) is 0 Å². The molecular weight excluding hydrogens is 312 g/mol. The van der Waals surface area contributed by atoms with Gasteiger partial charge in [0, 0.05) is 25.7 Å². The molecule has 0 unspecified atom stereocenters. The number of benzene rings is 2. The number of phenols is 2. The second-order valence-corrected chi connectivity index (χ2v) is 5.28. The molecule has 0 atom stereocenters. The summed E-state index contributed by atoms with van der Waals surface area (Å²) in [6.07, 6.45) is 1.29. The van der Waals surface area contributed by atoms with Gasteiger partial charge in [0.1, 0.15) is 11.5 Å². The van der Waals surface area contributed by atoms with Crippen LogP contribution in [0.25, 0.3) is 10.8 Å². The fourth-order valence-electron chi connectivity index (χ4n) is 2.40. The van der Waals surface area contributed by atoms with E-state index >= 15 is 0 Å². The van der Waals surface area contributed by atoms with E-state index in [1.807, 2.05) is 0 Å². The third-order valence-electron chi connectivity index (χ3n) is 3.67. The van der Waals surface area contributed by atoms with Gasteiger partial charge >= 0.3 is 5.69 Å². The van der Waals surface area contributed by atoms with E-state index in [1.54, 1.807) is 12.1 Å². The van der Waals surface area contributed by atoms with Crippen LogP contribution in [0.3, 0.4) is 0 Å². The van der Waals surface area contributed by atoms with Gasteiger partial charge in [-0.25, -0.2) is 4.79 Å². The van der Waals surface area contributed by atoms with Gasteiger partial charge in [-0.2, -0.15) is 0 Å². The van der Waals surface area contributed by atoms with Gasteiger partial charge in [0.05, 0.1) is 11.1 Å². The van der Waals surface area contributed by atoms with E-state index in [2.05, 4.69) is 10.2 Å². The first-order valence-corrected chi connectivity index (χ1v) is 7.02. The van der Waals surface area contributed by atoms with Crippen molar-refractivity contribution in [1.82, 2.24) is 9.13 Å². The summed E-state index contributed by atoms with van der Waals surface area (Å²) in [6, 6.07) is 7.60. The Morgan fingerprint density at radius 1 is 0.917 bits per heavy atom. The molecule has 8 nitrogen and oxygen atoms in total. The molecule has 0 aliphatic heterocycles. The van der Waals surface area contributed by atoms with Gasteiger partial charge < -0.3 is 14.8 Å². The quantitative estimate of drug-likeness (QED) is 0.702. The number of hydrogen-bond donors (Lipinski definition) is 2. The molecule has 0 aliphatic carbocycles. The number of phenolic OH excluding ortho intramolecular Hbond substituents is 2. The maximum absolute atomic E-state index is 12.1. The Morgan fingerprint density at radius 2 is 1.62 bits per heavy atom. The van der Waals surface area contributed by atoms with Crippen molar-refractivity contribution >= 4 is 22.1 Å². The second-order valence-electron chi connectivity index (χ2n) is 5.28. The number of aryl methyl sites for hydroxylation is 1. The van der Waals surface area contributed by atoms with Crippen molar-refractivity contribution in [2.45, 2.75) is 0 Å². The molecule has 0 radical (unpaired) electrons. The maximum atomic E-state index is 12.1. The predicted molar refractivity (Wildman–Crippen MR) is 88.4 cm³/mol. The van der Waals surface area contributed by atoms with Gasteiger partial charge in [-0.15, -0.1) is 10.2 Å². The second kappa shape index (κ2) is 5.65. The Balaban J connectivity index is 2.19. The van der Waals surface area contributed by atoms with Gasteiger partial charge in [-0.3, -0.25) is 9.36 Å². The summed E-state index contributed by atoms with van der Waals surface area (Å²) in [7, 11) is 2.86. The number of aromatic nitrogens is 2. The van der Waals surface area contributed by atoms with E-state index in [0.717, 1.165) is 4.57 Å². The molecule has 1 heterocycles. The first kappa shape index (κ1) is 15.5. The summed E-state index contributed by atoms with van der Waals surface area (Å²) in [5.74, 6) is -0.0661. The van der Waals surface area contributed by atoms with Crippen molar-refractivity contribution in [2.24, 2.45) is 24.3 Å². The van der Waals surface area contributed by atoms with E-state index in [4.69, 9.17) is 0 Å². The fraction of sp³-hybridized carbons (Fsp3) is 0.125. The van der Waals surface area contributed by atoms with Crippen LogP contribution in [0.15, 0.2) is 56.3 Å². The van der Waals surface area contributed by atoms with Crippen LogP contribution in [0.5, 0.6) is 11.5 Å². The summed E-state index contributed by atoms with van der Waals surface area (Å²) in [4.78, 5) is 23.7. The molecule has 3 aromatic rings. The topological polar surface area (TPSA) is 109 Å². The SMILES string of the molecule is Cn1cc(N=Nc2ccc(O)c3cccc(O)c23)c(=O)n(C)c1=O. The third kappa shape index (κ3) is 2.43. The van der Waals surface area contributed by atoms with Gasteiger partial charge in [-0.05, 0) is 18.2 Å². The van der Waals surface area contributed by atoms with Gasteiger partial charge in [0.15, 0.2) is 5.69 Å². The average Bonchev–Trinajstić information content (AvgIpc) is 2.57. The zero-order valence-electron chi connectivity index (χ0n) is 13.0. The summed E-state index contributed by atoms with van der Waals surface area (Å²) in [5.41, 5.74) is -0.770. The minimum Gasteiger partial charge on any atom is -0.507 e. The highest BCUT2D eigenvalue weighted by Crippen LogP contribution is 2.38. The average molecular weight is 326 g/mol. The van der Waals surface area contributed by atoms with E-state index in [0.29, 0.717) is 10.8 Å². The molecule has 3 rings (SSSR count).